The summed E-state index contributed by atoms with van der Waals surface area (Å²) >= 11 is 0. The lowest BCUT2D eigenvalue weighted by Crippen LogP contribution is -2.10. The Labute approximate surface area is 74.2 Å². The van der Waals surface area contributed by atoms with Gasteiger partial charge >= 0.3 is 6.09 Å². The lowest BCUT2D eigenvalue weighted by Gasteiger charge is -1.88. The maximum atomic E-state index is 10.4. The zero-order chi connectivity index (χ0) is 10.3. The van der Waals surface area contributed by atoms with Crippen LogP contribution in [0.25, 0.3) is 0 Å². The molecule has 6 nitrogen and oxygen atoms in total. The third-order valence-electron chi connectivity index (χ3n) is 0.965. The maximum Gasteiger partial charge on any atom is 0.402 e. The first-order valence-corrected chi connectivity index (χ1v) is 3.22. The van der Waals surface area contributed by atoms with E-state index in [0.717, 1.165) is 0 Å². The van der Waals surface area contributed by atoms with Crippen LogP contribution in [0.1, 0.15) is 10.4 Å². The van der Waals surface area contributed by atoms with E-state index in [0.29, 0.717) is 5.56 Å². The molecule has 0 aliphatic rings. The van der Waals surface area contributed by atoms with Gasteiger partial charge in [0.25, 0.3) is 0 Å². The minimum Gasteiger partial charge on any atom is -0.465 e. The minimum absolute atomic E-state index is 0.419. The molecule has 5 N–H and O–H groups in total. The first kappa shape index (κ1) is 10.9. The zero-order valence-corrected chi connectivity index (χ0v) is 6.68. The quantitative estimate of drug-likeness (QED) is 0.558. The van der Waals surface area contributed by atoms with Crippen LogP contribution in [0.2, 0.25) is 0 Å². The number of pyridine rings is 1. The molecule has 70 valence electrons. The first-order valence-electron chi connectivity index (χ1n) is 3.22. The van der Waals surface area contributed by atoms with Gasteiger partial charge in [0.2, 0.25) is 5.91 Å². The third-order valence-corrected chi connectivity index (χ3v) is 0.965. The van der Waals surface area contributed by atoms with E-state index in [2.05, 4.69) is 10.7 Å². The van der Waals surface area contributed by atoms with E-state index in [9.17, 15) is 4.79 Å². The lowest BCUT2D eigenvalue weighted by molar-refractivity contribution is 0.1000. The van der Waals surface area contributed by atoms with Gasteiger partial charge in [-0.1, -0.05) is 0 Å². The Kier molecular flexibility index (Phi) is 4.63. The summed E-state index contributed by atoms with van der Waals surface area (Å²) in [4.78, 5) is 22.9. The molecule has 1 rings (SSSR count). The highest BCUT2D eigenvalue weighted by Crippen LogP contribution is 1.91. The molecule has 0 aliphatic carbocycles. The highest BCUT2D eigenvalue weighted by atomic mass is 16.4. The summed E-state index contributed by atoms with van der Waals surface area (Å²) in [5, 5.41) is 7.19. The third kappa shape index (κ3) is 6.29. The van der Waals surface area contributed by atoms with Crippen LogP contribution in [0.15, 0.2) is 24.5 Å². The second-order valence-electron chi connectivity index (χ2n) is 1.94. The Bertz CT molecular complexity index is 282. The summed E-state index contributed by atoms with van der Waals surface area (Å²) in [6.45, 7) is 0. The van der Waals surface area contributed by atoms with Gasteiger partial charge in [-0.15, -0.1) is 0 Å². The van der Waals surface area contributed by atoms with Crippen LogP contribution in [0.4, 0.5) is 4.79 Å². The van der Waals surface area contributed by atoms with Gasteiger partial charge in [0.05, 0.1) is 0 Å². The van der Waals surface area contributed by atoms with E-state index in [4.69, 9.17) is 15.6 Å². The van der Waals surface area contributed by atoms with E-state index in [-0.39, 0.29) is 0 Å². The Morgan fingerprint density at radius 3 is 1.85 bits per heavy atom. The van der Waals surface area contributed by atoms with Crippen LogP contribution in [-0.4, -0.2) is 22.1 Å². The fourth-order valence-corrected chi connectivity index (χ4v) is 0.516. The Balaban J connectivity index is 0.000000310. The molecule has 0 saturated carbocycles. The molecule has 0 fully saturated rings. The number of primary amides is 2. The van der Waals surface area contributed by atoms with Gasteiger partial charge in [-0.25, -0.2) is 4.79 Å². The van der Waals surface area contributed by atoms with Crippen LogP contribution < -0.4 is 11.5 Å². The van der Waals surface area contributed by atoms with E-state index >= 15 is 0 Å². The molecule has 1 aromatic heterocycles. The number of nitrogens with two attached hydrogens (primary N) is 2. The van der Waals surface area contributed by atoms with E-state index in [1.165, 1.54) is 12.4 Å². The predicted molar refractivity (Wildman–Crippen MR) is 45.0 cm³/mol. The van der Waals surface area contributed by atoms with E-state index < -0.39 is 12.0 Å². The zero-order valence-electron chi connectivity index (χ0n) is 6.68. The fourth-order valence-electron chi connectivity index (χ4n) is 0.516. The molecule has 0 radical (unpaired) electrons. The van der Waals surface area contributed by atoms with Crippen molar-refractivity contribution >= 4 is 12.0 Å². The molecule has 0 atom stereocenters. The van der Waals surface area contributed by atoms with E-state index in [1.807, 2.05) is 0 Å². The standard InChI is InChI=1S/C6H6N2O.CH3NO2/c7-6(9)5-1-3-8-4-2-5;2-1(3)4/h1-4H,(H2,7,9);2H2,(H,3,4). The summed E-state index contributed by atoms with van der Waals surface area (Å²) in [5.41, 5.74) is 9.47. The molecule has 0 aliphatic heterocycles. The molecule has 1 aromatic rings. The molecule has 0 saturated heterocycles. The molecule has 0 aromatic carbocycles. The number of nitrogens with zero attached hydrogens (tertiary/aromatic N) is 1. The van der Waals surface area contributed by atoms with Crippen molar-refractivity contribution in [1.82, 2.24) is 4.98 Å². The monoisotopic (exact) mass is 183 g/mol. The Morgan fingerprint density at radius 1 is 1.23 bits per heavy atom. The summed E-state index contributed by atoms with van der Waals surface area (Å²) in [6, 6.07) is 3.14. The molecule has 0 spiro atoms. The molecule has 0 bridgehead atoms. The smallest absolute Gasteiger partial charge is 0.402 e. The van der Waals surface area contributed by atoms with Gasteiger partial charge in [0, 0.05) is 18.0 Å². The summed E-state index contributed by atoms with van der Waals surface area (Å²) in [6.07, 6.45) is 1.72. The topological polar surface area (TPSA) is 119 Å². The Morgan fingerprint density at radius 2 is 1.62 bits per heavy atom. The lowest BCUT2D eigenvalue weighted by atomic mass is 10.3. The number of aromatic nitrogens is 1. The highest BCUT2D eigenvalue weighted by Gasteiger charge is 1.94. The van der Waals surface area contributed by atoms with Crippen molar-refractivity contribution in [3.05, 3.63) is 30.1 Å². The number of hydrogen-bond acceptors (Lipinski definition) is 3. The largest absolute Gasteiger partial charge is 0.465 e. The highest BCUT2D eigenvalue weighted by molar-refractivity contribution is 5.92. The summed E-state index contributed by atoms with van der Waals surface area (Å²) in [7, 11) is 0. The van der Waals surface area contributed by atoms with Gasteiger partial charge in [-0.05, 0) is 12.1 Å². The van der Waals surface area contributed by atoms with Crippen molar-refractivity contribution in [3.63, 3.8) is 0 Å². The molecule has 0 unspecified atom stereocenters. The van der Waals surface area contributed by atoms with Crippen LogP contribution in [0, 0.1) is 0 Å². The first-order chi connectivity index (χ1) is 6.04. The van der Waals surface area contributed by atoms with Crippen LogP contribution in [0.5, 0.6) is 0 Å². The average molecular weight is 183 g/mol. The van der Waals surface area contributed by atoms with Gasteiger partial charge in [-0.2, -0.15) is 0 Å². The predicted octanol–water partition coefficient (Wildman–Crippen LogP) is -0.196. The number of hydrogen-bond donors (Lipinski definition) is 3. The number of amides is 2. The van der Waals surface area contributed by atoms with Gasteiger partial charge < -0.3 is 16.6 Å². The molecule has 13 heavy (non-hydrogen) atoms. The normalized spacial score (nSPS) is 8.00. The second-order valence-corrected chi connectivity index (χ2v) is 1.94. The molecule has 1 heterocycles. The van der Waals surface area contributed by atoms with Crippen molar-refractivity contribution in [2.75, 3.05) is 0 Å². The number of carboxylic acid groups (broad SMARTS) is 1. The maximum absolute atomic E-state index is 10.4. The van der Waals surface area contributed by atoms with Crippen LogP contribution in [-0.2, 0) is 0 Å². The molecular weight excluding hydrogens is 174 g/mol. The van der Waals surface area contributed by atoms with Crippen molar-refractivity contribution in [2.24, 2.45) is 11.5 Å². The summed E-state index contributed by atoms with van der Waals surface area (Å²) < 4.78 is 0. The summed E-state index contributed by atoms with van der Waals surface area (Å²) in [5.74, 6) is -0.419. The number of carbonyl (C=O) groups excluding carboxylic acids is 1. The van der Waals surface area contributed by atoms with Crippen molar-refractivity contribution in [2.45, 2.75) is 0 Å². The minimum atomic E-state index is -1.33. The van der Waals surface area contributed by atoms with Crippen molar-refractivity contribution < 1.29 is 14.7 Å². The van der Waals surface area contributed by atoms with Gasteiger partial charge in [-0.3, -0.25) is 9.78 Å². The van der Waals surface area contributed by atoms with E-state index in [1.54, 1.807) is 12.1 Å². The van der Waals surface area contributed by atoms with Crippen molar-refractivity contribution in [3.8, 4) is 0 Å². The Hall–Kier alpha value is -2.11. The molecule has 6 heteroatoms. The van der Waals surface area contributed by atoms with Crippen LogP contribution >= 0.6 is 0 Å². The van der Waals surface area contributed by atoms with Crippen LogP contribution in [0.3, 0.4) is 0 Å². The molecular formula is C7H9N3O3. The molecule has 2 amide bonds. The second kappa shape index (κ2) is 5.53. The van der Waals surface area contributed by atoms with Gasteiger partial charge in [0.1, 0.15) is 0 Å². The van der Waals surface area contributed by atoms with Gasteiger partial charge in [0.15, 0.2) is 0 Å². The number of rotatable bonds is 1. The van der Waals surface area contributed by atoms with Crippen molar-refractivity contribution in [1.29, 1.82) is 0 Å². The fraction of sp³-hybridized carbons (Fsp3) is 0. The SMILES string of the molecule is NC(=O)O.NC(=O)c1ccncc1. The average Bonchev–Trinajstić information content (AvgIpc) is 2.05. The number of carbonyl (C=O) groups is 2.